The molecule has 39 heavy (non-hydrogen) atoms. The number of rotatable bonds is 13. The van der Waals surface area contributed by atoms with Gasteiger partial charge in [-0.2, -0.15) is 0 Å². The summed E-state index contributed by atoms with van der Waals surface area (Å²) in [6.45, 7) is -0.257. The molecule has 0 aliphatic rings. The number of nitro groups is 1. The van der Waals surface area contributed by atoms with Gasteiger partial charge in [-0.25, -0.2) is 0 Å². The molecule has 1 unspecified atom stereocenters. The van der Waals surface area contributed by atoms with Gasteiger partial charge in [0.1, 0.15) is 23.9 Å². The molecule has 202 valence electrons. The van der Waals surface area contributed by atoms with E-state index < -0.39 is 23.0 Å². The summed E-state index contributed by atoms with van der Waals surface area (Å²) in [6, 6.07) is 32.2. The van der Waals surface area contributed by atoms with Crippen molar-refractivity contribution in [1.29, 1.82) is 0 Å². The molecule has 4 aromatic rings. The molecule has 0 saturated carbocycles. The lowest BCUT2D eigenvalue weighted by Crippen LogP contribution is -2.30. The normalized spacial score (nSPS) is 12.0. The number of hydrogen-bond donors (Lipinski definition) is 1. The highest BCUT2D eigenvalue weighted by Gasteiger charge is 2.36. The highest BCUT2D eigenvalue weighted by atomic mass is 16.6. The minimum Gasteiger partial charge on any atom is -0.497 e. The van der Waals surface area contributed by atoms with Crippen LogP contribution in [0.1, 0.15) is 41.1 Å². The van der Waals surface area contributed by atoms with Gasteiger partial charge < -0.3 is 19.3 Å². The topological polar surface area (TPSA) is 91.1 Å². The molecule has 0 aliphatic heterocycles. The first kappa shape index (κ1) is 27.7. The first-order chi connectivity index (χ1) is 19.0. The van der Waals surface area contributed by atoms with E-state index >= 15 is 0 Å². The number of ether oxygens (including phenoxy) is 3. The number of nitrogens with zero attached hydrogens (tertiary/aromatic N) is 1. The molecule has 4 aromatic carbocycles. The molecule has 7 nitrogen and oxygen atoms in total. The van der Waals surface area contributed by atoms with Crippen LogP contribution in [-0.4, -0.2) is 37.5 Å². The molecule has 0 fully saturated rings. The van der Waals surface area contributed by atoms with E-state index in [0.717, 1.165) is 28.2 Å². The van der Waals surface area contributed by atoms with Crippen LogP contribution in [0.15, 0.2) is 103 Å². The smallest absolute Gasteiger partial charge is 0.264 e. The minimum absolute atomic E-state index is 0.341. The van der Waals surface area contributed by atoms with Gasteiger partial charge in [-0.05, 0) is 65.9 Å². The number of benzene rings is 4. The molecule has 0 amide bonds. The molecule has 0 aromatic heterocycles. The average Bonchev–Trinajstić information content (AvgIpc) is 2.99. The Balaban J connectivity index is 1.69. The van der Waals surface area contributed by atoms with E-state index in [1.807, 2.05) is 42.5 Å². The molecule has 4 rings (SSSR count). The Labute approximate surface area is 228 Å². The average molecular weight is 528 g/mol. The van der Waals surface area contributed by atoms with Crippen LogP contribution in [-0.2, 0) is 5.41 Å². The molecule has 0 heterocycles. The zero-order valence-electron chi connectivity index (χ0n) is 22.2. The van der Waals surface area contributed by atoms with Gasteiger partial charge in [0, 0.05) is 10.3 Å². The quantitative estimate of drug-likeness (QED) is 0.0962. The summed E-state index contributed by atoms with van der Waals surface area (Å²) in [5.41, 5.74) is 3.21. The van der Waals surface area contributed by atoms with Crippen LogP contribution in [0.2, 0.25) is 0 Å². The Kier molecular flexibility index (Phi) is 9.18. The fourth-order valence-corrected chi connectivity index (χ4v) is 5.09. The standard InChI is InChI=1S/C32H33NO6/c1-37-27-17-13-25(14-18-27)32(24-9-4-3-5-10-24,26-15-19-28(38-2)20-16-26)21-8-22-39-31-12-7-6-11-29(31)30(23-34)33(35)36/h3-7,9-20,30,34H,8,21-23H2,1-2H3. The number of para-hydroxylation sites is 1. The van der Waals surface area contributed by atoms with Crippen LogP contribution in [0.3, 0.4) is 0 Å². The number of aliphatic hydroxyl groups is 1. The van der Waals surface area contributed by atoms with Crippen LogP contribution in [0, 0.1) is 10.1 Å². The van der Waals surface area contributed by atoms with Crippen molar-refractivity contribution in [2.75, 3.05) is 27.4 Å². The molecular formula is C32H33NO6. The van der Waals surface area contributed by atoms with Crippen molar-refractivity contribution in [2.45, 2.75) is 24.3 Å². The van der Waals surface area contributed by atoms with Crippen LogP contribution in [0.5, 0.6) is 17.2 Å². The summed E-state index contributed by atoms with van der Waals surface area (Å²) in [4.78, 5) is 11.0. The fraction of sp³-hybridized carbons (Fsp3) is 0.250. The molecule has 0 saturated heterocycles. The van der Waals surface area contributed by atoms with Gasteiger partial charge in [0.25, 0.3) is 6.04 Å². The van der Waals surface area contributed by atoms with Crippen molar-refractivity contribution >= 4 is 0 Å². The van der Waals surface area contributed by atoms with Crippen molar-refractivity contribution in [3.05, 3.63) is 135 Å². The summed E-state index contributed by atoms with van der Waals surface area (Å²) < 4.78 is 16.9. The molecule has 0 radical (unpaired) electrons. The molecule has 0 aliphatic carbocycles. The molecule has 1 N–H and O–H groups in total. The SMILES string of the molecule is COc1ccc(C(CCCOc2ccccc2C(CO)[N+](=O)[O-])(c2ccccc2)c2ccc(OC)cc2)cc1. The second-order valence-corrected chi connectivity index (χ2v) is 9.20. The van der Waals surface area contributed by atoms with Gasteiger partial charge in [0.05, 0.1) is 26.4 Å². The van der Waals surface area contributed by atoms with Crippen molar-refractivity contribution in [3.8, 4) is 17.2 Å². The van der Waals surface area contributed by atoms with Crippen molar-refractivity contribution in [2.24, 2.45) is 0 Å². The molecule has 1 atom stereocenters. The Morgan fingerprint density at radius 2 is 1.28 bits per heavy atom. The predicted molar refractivity (Wildman–Crippen MR) is 150 cm³/mol. The van der Waals surface area contributed by atoms with Crippen molar-refractivity contribution < 1.29 is 24.2 Å². The maximum Gasteiger partial charge on any atom is 0.264 e. The van der Waals surface area contributed by atoms with E-state index in [9.17, 15) is 15.2 Å². The minimum atomic E-state index is -1.23. The molecular weight excluding hydrogens is 494 g/mol. The predicted octanol–water partition coefficient (Wildman–Crippen LogP) is 6.21. The van der Waals surface area contributed by atoms with E-state index in [1.165, 1.54) is 0 Å². The summed E-state index contributed by atoms with van der Waals surface area (Å²) in [7, 11) is 3.30. The highest BCUT2D eigenvalue weighted by Crippen LogP contribution is 2.44. The lowest BCUT2D eigenvalue weighted by atomic mass is 9.67. The third-order valence-electron chi connectivity index (χ3n) is 7.09. The largest absolute Gasteiger partial charge is 0.497 e. The molecule has 0 bridgehead atoms. The van der Waals surface area contributed by atoms with Gasteiger partial charge in [0.2, 0.25) is 0 Å². The Morgan fingerprint density at radius 3 is 1.79 bits per heavy atom. The third-order valence-corrected chi connectivity index (χ3v) is 7.09. The number of aliphatic hydroxyl groups excluding tert-OH is 1. The van der Waals surface area contributed by atoms with Crippen molar-refractivity contribution in [3.63, 3.8) is 0 Å². The zero-order valence-corrected chi connectivity index (χ0v) is 22.2. The highest BCUT2D eigenvalue weighted by molar-refractivity contribution is 5.52. The fourth-order valence-electron chi connectivity index (χ4n) is 5.09. The van der Waals surface area contributed by atoms with Gasteiger partial charge in [-0.15, -0.1) is 0 Å². The Bertz CT molecular complexity index is 1290. The monoisotopic (exact) mass is 527 g/mol. The van der Waals surface area contributed by atoms with Gasteiger partial charge in [0.15, 0.2) is 0 Å². The van der Waals surface area contributed by atoms with E-state index in [-0.39, 0.29) is 0 Å². The van der Waals surface area contributed by atoms with Crippen LogP contribution < -0.4 is 14.2 Å². The lowest BCUT2D eigenvalue weighted by Gasteiger charge is -2.36. The van der Waals surface area contributed by atoms with E-state index in [1.54, 1.807) is 38.5 Å². The van der Waals surface area contributed by atoms with Crippen LogP contribution >= 0.6 is 0 Å². The second-order valence-electron chi connectivity index (χ2n) is 9.20. The second kappa shape index (κ2) is 12.9. The van der Waals surface area contributed by atoms with Gasteiger partial charge in [-0.1, -0.05) is 66.7 Å². The summed E-state index contributed by atoms with van der Waals surface area (Å²) in [6.07, 6.45) is 1.36. The first-order valence-electron chi connectivity index (χ1n) is 12.8. The summed E-state index contributed by atoms with van der Waals surface area (Å²) in [5, 5.41) is 21.1. The zero-order chi connectivity index (χ0) is 27.7. The van der Waals surface area contributed by atoms with Crippen LogP contribution in [0.25, 0.3) is 0 Å². The van der Waals surface area contributed by atoms with E-state index in [4.69, 9.17) is 14.2 Å². The lowest BCUT2D eigenvalue weighted by molar-refractivity contribution is -0.532. The molecule has 0 spiro atoms. The summed E-state index contributed by atoms with van der Waals surface area (Å²) in [5.74, 6) is 1.96. The summed E-state index contributed by atoms with van der Waals surface area (Å²) >= 11 is 0. The number of methoxy groups -OCH3 is 2. The molecule has 7 heteroatoms. The van der Waals surface area contributed by atoms with E-state index in [2.05, 4.69) is 36.4 Å². The maximum atomic E-state index is 11.5. The van der Waals surface area contributed by atoms with Crippen LogP contribution in [0.4, 0.5) is 0 Å². The Hall–Kier alpha value is -4.36. The first-order valence-corrected chi connectivity index (χ1v) is 12.8. The van der Waals surface area contributed by atoms with E-state index in [0.29, 0.717) is 30.8 Å². The Morgan fingerprint density at radius 1 is 0.769 bits per heavy atom. The van der Waals surface area contributed by atoms with Gasteiger partial charge in [-0.3, -0.25) is 10.1 Å². The number of hydrogen-bond acceptors (Lipinski definition) is 6. The third kappa shape index (κ3) is 6.04. The van der Waals surface area contributed by atoms with Gasteiger partial charge >= 0.3 is 0 Å². The van der Waals surface area contributed by atoms with Crippen molar-refractivity contribution in [1.82, 2.24) is 0 Å². The maximum absolute atomic E-state index is 11.5.